The summed E-state index contributed by atoms with van der Waals surface area (Å²) >= 11 is 1.92. The van der Waals surface area contributed by atoms with Gasteiger partial charge in [0.1, 0.15) is 18.1 Å². The van der Waals surface area contributed by atoms with Crippen LogP contribution in [-0.4, -0.2) is 18.5 Å². The Labute approximate surface area is 124 Å². The van der Waals surface area contributed by atoms with Crippen LogP contribution in [0, 0.1) is 0 Å². The summed E-state index contributed by atoms with van der Waals surface area (Å²) < 4.78 is 11.3. The van der Waals surface area contributed by atoms with E-state index in [1.54, 1.807) is 0 Å². The van der Waals surface area contributed by atoms with Crippen molar-refractivity contribution in [3.8, 4) is 11.5 Å². The molecule has 3 heteroatoms. The molecule has 1 aliphatic heterocycles. The zero-order chi connectivity index (χ0) is 13.8. The van der Waals surface area contributed by atoms with E-state index in [9.17, 15) is 0 Å². The number of rotatable bonds is 5. The summed E-state index contributed by atoms with van der Waals surface area (Å²) in [5, 5.41) is 0.513. The van der Waals surface area contributed by atoms with Crippen LogP contribution in [0.15, 0.2) is 53.4 Å². The van der Waals surface area contributed by atoms with Gasteiger partial charge in [-0.2, -0.15) is 0 Å². The lowest BCUT2D eigenvalue weighted by atomic mass is 10.1. The van der Waals surface area contributed by atoms with Crippen molar-refractivity contribution < 1.29 is 9.47 Å². The third kappa shape index (κ3) is 3.10. The van der Waals surface area contributed by atoms with Crippen molar-refractivity contribution in [2.75, 3.05) is 13.2 Å². The topological polar surface area (TPSA) is 18.5 Å². The first-order chi connectivity index (χ1) is 9.85. The molecule has 1 atom stereocenters. The molecule has 2 aromatic rings. The Hall–Kier alpha value is -1.61. The van der Waals surface area contributed by atoms with Crippen molar-refractivity contribution in [3.63, 3.8) is 0 Å². The van der Waals surface area contributed by atoms with E-state index in [0.29, 0.717) is 11.9 Å². The number of fused-ring (bicyclic) bond motifs is 1. The molecule has 2 aromatic carbocycles. The highest BCUT2D eigenvalue weighted by Crippen LogP contribution is 2.36. The van der Waals surface area contributed by atoms with Gasteiger partial charge in [0.2, 0.25) is 0 Å². The van der Waals surface area contributed by atoms with E-state index in [2.05, 4.69) is 24.3 Å². The van der Waals surface area contributed by atoms with Gasteiger partial charge in [-0.05, 0) is 49.2 Å². The molecular formula is C17H18O2S. The number of hydrogen-bond acceptors (Lipinski definition) is 3. The summed E-state index contributed by atoms with van der Waals surface area (Å²) in [7, 11) is 0. The Morgan fingerprint density at radius 3 is 2.40 bits per heavy atom. The van der Waals surface area contributed by atoms with Crippen LogP contribution in [0.5, 0.6) is 11.5 Å². The standard InChI is InChI=1S/C17H18O2S/c1-2-18-14-7-9-15(10-8-14)19-12-16-11-13-5-3-4-6-17(13)20-16/h3-10,16H,2,11-12H2,1H3. The molecule has 0 N–H and O–H groups in total. The molecule has 0 aromatic heterocycles. The van der Waals surface area contributed by atoms with Crippen molar-refractivity contribution >= 4 is 11.8 Å². The van der Waals surface area contributed by atoms with Gasteiger partial charge >= 0.3 is 0 Å². The molecule has 0 saturated heterocycles. The molecule has 0 amide bonds. The SMILES string of the molecule is CCOc1ccc(OCC2Cc3ccccc3S2)cc1. The average Bonchev–Trinajstić information content (AvgIpc) is 2.90. The summed E-state index contributed by atoms with van der Waals surface area (Å²) in [5.41, 5.74) is 1.44. The van der Waals surface area contributed by atoms with Gasteiger partial charge in [-0.15, -0.1) is 11.8 Å². The van der Waals surface area contributed by atoms with Crippen molar-refractivity contribution in [1.29, 1.82) is 0 Å². The molecule has 2 nitrogen and oxygen atoms in total. The Morgan fingerprint density at radius 1 is 1.00 bits per heavy atom. The highest BCUT2D eigenvalue weighted by molar-refractivity contribution is 8.00. The van der Waals surface area contributed by atoms with E-state index in [4.69, 9.17) is 9.47 Å². The quantitative estimate of drug-likeness (QED) is 0.821. The molecule has 0 fully saturated rings. The van der Waals surface area contributed by atoms with Crippen molar-refractivity contribution in [2.24, 2.45) is 0 Å². The van der Waals surface area contributed by atoms with Crippen LogP contribution < -0.4 is 9.47 Å². The molecule has 3 rings (SSSR count). The normalized spacial score (nSPS) is 16.8. The first-order valence-electron chi connectivity index (χ1n) is 6.95. The highest BCUT2D eigenvalue weighted by atomic mass is 32.2. The first kappa shape index (κ1) is 13.4. The summed E-state index contributed by atoms with van der Waals surface area (Å²) in [4.78, 5) is 1.40. The number of benzene rings is 2. The lowest BCUT2D eigenvalue weighted by molar-refractivity contribution is 0.314. The third-order valence-electron chi connectivity index (χ3n) is 3.28. The summed E-state index contributed by atoms with van der Waals surface area (Å²) in [5.74, 6) is 1.80. The van der Waals surface area contributed by atoms with Crippen LogP contribution in [-0.2, 0) is 6.42 Å². The van der Waals surface area contributed by atoms with Gasteiger partial charge in [-0.3, -0.25) is 0 Å². The van der Waals surface area contributed by atoms with E-state index in [-0.39, 0.29) is 0 Å². The maximum atomic E-state index is 5.88. The molecule has 20 heavy (non-hydrogen) atoms. The molecule has 1 unspecified atom stereocenters. The fourth-order valence-corrected chi connectivity index (χ4v) is 3.55. The van der Waals surface area contributed by atoms with Crippen LogP contribution in [0.4, 0.5) is 0 Å². The van der Waals surface area contributed by atoms with E-state index in [1.165, 1.54) is 10.5 Å². The van der Waals surface area contributed by atoms with Crippen LogP contribution >= 0.6 is 11.8 Å². The van der Waals surface area contributed by atoms with Gasteiger partial charge in [-0.25, -0.2) is 0 Å². The minimum atomic E-state index is 0.513. The molecule has 0 radical (unpaired) electrons. The monoisotopic (exact) mass is 286 g/mol. The van der Waals surface area contributed by atoms with Crippen molar-refractivity contribution in [2.45, 2.75) is 23.5 Å². The smallest absolute Gasteiger partial charge is 0.119 e. The largest absolute Gasteiger partial charge is 0.494 e. The number of thioether (sulfide) groups is 1. The maximum absolute atomic E-state index is 5.88. The van der Waals surface area contributed by atoms with Gasteiger partial charge in [0, 0.05) is 10.1 Å². The van der Waals surface area contributed by atoms with Gasteiger partial charge in [-0.1, -0.05) is 18.2 Å². The predicted octanol–water partition coefficient (Wildman–Crippen LogP) is 4.18. The highest BCUT2D eigenvalue weighted by Gasteiger charge is 2.22. The van der Waals surface area contributed by atoms with Gasteiger partial charge in [0.25, 0.3) is 0 Å². The Kier molecular flexibility index (Phi) is 4.16. The summed E-state index contributed by atoms with van der Waals surface area (Å²) in [6, 6.07) is 16.5. The maximum Gasteiger partial charge on any atom is 0.119 e. The van der Waals surface area contributed by atoms with Gasteiger partial charge < -0.3 is 9.47 Å². The minimum Gasteiger partial charge on any atom is -0.494 e. The summed E-state index contributed by atoms with van der Waals surface area (Å²) in [6.45, 7) is 3.42. The van der Waals surface area contributed by atoms with E-state index in [0.717, 1.165) is 24.5 Å². The number of ether oxygens (including phenoxy) is 2. The van der Waals surface area contributed by atoms with E-state index in [1.807, 2.05) is 43.0 Å². The Bertz CT molecular complexity index is 540. The van der Waals surface area contributed by atoms with Crippen LogP contribution in [0.1, 0.15) is 12.5 Å². The Morgan fingerprint density at radius 2 is 1.70 bits per heavy atom. The van der Waals surface area contributed by atoms with Crippen molar-refractivity contribution in [3.05, 3.63) is 54.1 Å². The zero-order valence-electron chi connectivity index (χ0n) is 11.5. The summed E-state index contributed by atoms with van der Waals surface area (Å²) in [6.07, 6.45) is 1.10. The fourth-order valence-electron chi connectivity index (χ4n) is 2.33. The second kappa shape index (κ2) is 6.23. The molecular weight excluding hydrogens is 268 g/mol. The zero-order valence-corrected chi connectivity index (χ0v) is 12.4. The second-order valence-electron chi connectivity index (χ2n) is 4.77. The average molecular weight is 286 g/mol. The molecule has 0 bridgehead atoms. The molecule has 104 valence electrons. The Balaban J connectivity index is 1.53. The molecule has 1 aliphatic rings. The van der Waals surface area contributed by atoms with Gasteiger partial charge in [0.15, 0.2) is 0 Å². The molecule has 0 spiro atoms. The third-order valence-corrected chi connectivity index (χ3v) is 4.57. The lowest BCUT2D eigenvalue weighted by Crippen LogP contribution is -2.13. The number of hydrogen-bond donors (Lipinski definition) is 0. The van der Waals surface area contributed by atoms with Crippen LogP contribution in [0.3, 0.4) is 0 Å². The minimum absolute atomic E-state index is 0.513. The van der Waals surface area contributed by atoms with Crippen molar-refractivity contribution in [1.82, 2.24) is 0 Å². The van der Waals surface area contributed by atoms with Crippen LogP contribution in [0.25, 0.3) is 0 Å². The molecule has 0 aliphatic carbocycles. The van der Waals surface area contributed by atoms with Gasteiger partial charge in [0.05, 0.1) is 6.61 Å². The van der Waals surface area contributed by atoms with Crippen LogP contribution in [0.2, 0.25) is 0 Å². The molecule has 1 heterocycles. The van der Waals surface area contributed by atoms with E-state index < -0.39 is 0 Å². The second-order valence-corrected chi connectivity index (χ2v) is 6.11. The fraction of sp³-hybridized carbons (Fsp3) is 0.294. The molecule has 0 saturated carbocycles. The van der Waals surface area contributed by atoms with E-state index >= 15 is 0 Å². The lowest BCUT2D eigenvalue weighted by Gasteiger charge is -2.11. The first-order valence-corrected chi connectivity index (χ1v) is 7.83. The predicted molar refractivity (Wildman–Crippen MR) is 82.9 cm³/mol.